The van der Waals surface area contributed by atoms with Crippen molar-refractivity contribution < 1.29 is 4.74 Å². The Balaban J connectivity index is 1.73. The maximum atomic E-state index is 6.22. The Labute approximate surface area is 168 Å². The summed E-state index contributed by atoms with van der Waals surface area (Å²) < 4.78 is 5.98. The summed E-state index contributed by atoms with van der Waals surface area (Å²) in [6.45, 7) is 3.03. The Hall–Kier alpha value is -1.87. The van der Waals surface area contributed by atoms with E-state index in [0.29, 0.717) is 28.2 Å². The second kappa shape index (κ2) is 8.68. The normalized spacial score (nSPS) is 10.6. The lowest BCUT2D eigenvalue weighted by molar-refractivity contribution is 0.303. The molecule has 0 aliphatic carbocycles. The highest BCUT2D eigenvalue weighted by molar-refractivity contribution is 6.35. The van der Waals surface area contributed by atoms with E-state index < -0.39 is 0 Å². The SMILES string of the molecule is Cc1cccc(NCc2cc(Cl)ccc2OCc2ccc(Cl)cc2Cl)c1. The first kappa shape index (κ1) is 18.9. The molecule has 2 nitrogen and oxygen atoms in total. The Morgan fingerprint density at radius 3 is 2.38 bits per heavy atom. The van der Waals surface area contributed by atoms with Crippen molar-refractivity contribution in [3.63, 3.8) is 0 Å². The topological polar surface area (TPSA) is 21.3 Å². The minimum atomic E-state index is 0.356. The van der Waals surface area contributed by atoms with E-state index in [9.17, 15) is 0 Å². The highest BCUT2D eigenvalue weighted by Gasteiger charge is 2.08. The zero-order valence-corrected chi connectivity index (χ0v) is 16.5. The van der Waals surface area contributed by atoms with Gasteiger partial charge in [-0.2, -0.15) is 0 Å². The predicted octanol–water partition coefficient (Wildman–Crippen LogP) is 7.15. The molecule has 0 spiro atoms. The summed E-state index contributed by atoms with van der Waals surface area (Å²) >= 11 is 18.3. The van der Waals surface area contributed by atoms with Gasteiger partial charge in [0.2, 0.25) is 0 Å². The van der Waals surface area contributed by atoms with Crippen LogP contribution in [0, 0.1) is 6.92 Å². The second-order valence-electron chi connectivity index (χ2n) is 6.00. The van der Waals surface area contributed by atoms with Gasteiger partial charge in [-0.15, -0.1) is 0 Å². The zero-order valence-electron chi connectivity index (χ0n) is 14.2. The maximum Gasteiger partial charge on any atom is 0.124 e. The van der Waals surface area contributed by atoms with Crippen molar-refractivity contribution in [3.8, 4) is 5.75 Å². The van der Waals surface area contributed by atoms with Gasteiger partial charge < -0.3 is 10.1 Å². The molecule has 3 aromatic carbocycles. The van der Waals surface area contributed by atoms with Crippen LogP contribution in [0.3, 0.4) is 0 Å². The van der Waals surface area contributed by atoms with Crippen molar-refractivity contribution in [1.82, 2.24) is 0 Å². The highest BCUT2D eigenvalue weighted by Crippen LogP contribution is 2.27. The van der Waals surface area contributed by atoms with E-state index in [1.165, 1.54) is 5.56 Å². The molecular formula is C21H18Cl3NO. The molecule has 1 N–H and O–H groups in total. The molecule has 26 heavy (non-hydrogen) atoms. The van der Waals surface area contributed by atoms with Gasteiger partial charge in [-0.25, -0.2) is 0 Å². The monoisotopic (exact) mass is 405 g/mol. The lowest BCUT2D eigenvalue weighted by Crippen LogP contribution is -2.04. The van der Waals surface area contributed by atoms with Gasteiger partial charge in [-0.1, -0.05) is 53.0 Å². The summed E-state index contributed by atoms with van der Waals surface area (Å²) in [5.74, 6) is 0.764. The van der Waals surface area contributed by atoms with E-state index in [2.05, 4.69) is 24.4 Å². The molecule has 5 heteroatoms. The fraction of sp³-hybridized carbons (Fsp3) is 0.143. The molecule has 0 saturated carbocycles. The average Bonchev–Trinajstić information content (AvgIpc) is 2.60. The minimum Gasteiger partial charge on any atom is -0.488 e. The third-order valence-corrected chi connectivity index (χ3v) is 4.74. The summed E-state index contributed by atoms with van der Waals surface area (Å²) in [5.41, 5.74) is 4.11. The van der Waals surface area contributed by atoms with Crippen LogP contribution in [0.5, 0.6) is 5.75 Å². The Morgan fingerprint density at radius 2 is 1.62 bits per heavy atom. The van der Waals surface area contributed by atoms with E-state index in [4.69, 9.17) is 39.5 Å². The van der Waals surface area contributed by atoms with Crippen molar-refractivity contribution in [1.29, 1.82) is 0 Å². The van der Waals surface area contributed by atoms with Gasteiger partial charge in [-0.05, 0) is 55.0 Å². The minimum absolute atomic E-state index is 0.356. The summed E-state index contributed by atoms with van der Waals surface area (Å²) in [7, 11) is 0. The van der Waals surface area contributed by atoms with Crippen LogP contribution in [0.15, 0.2) is 60.7 Å². The molecule has 0 fully saturated rings. The summed E-state index contributed by atoms with van der Waals surface area (Å²) in [6.07, 6.45) is 0. The van der Waals surface area contributed by atoms with Gasteiger partial charge in [0.05, 0.1) is 0 Å². The van der Waals surface area contributed by atoms with Gasteiger partial charge in [0, 0.05) is 38.4 Å². The lowest BCUT2D eigenvalue weighted by atomic mass is 10.1. The van der Waals surface area contributed by atoms with Crippen LogP contribution in [0.2, 0.25) is 15.1 Å². The van der Waals surface area contributed by atoms with E-state index in [0.717, 1.165) is 22.6 Å². The molecule has 0 bridgehead atoms. The summed E-state index contributed by atoms with van der Waals surface area (Å²) in [5, 5.41) is 5.27. The Morgan fingerprint density at radius 1 is 0.846 bits per heavy atom. The Bertz CT molecular complexity index is 912. The molecule has 0 amide bonds. The number of benzene rings is 3. The molecule has 0 unspecified atom stereocenters. The number of anilines is 1. The molecule has 3 rings (SSSR count). The van der Waals surface area contributed by atoms with Crippen LogP contribution in [0.1, 0.15) is 16.7 Å². The van der Waals surface area contributed by atoms with Gasteiger partial charge in [0.15, 0.2) is 0 Å². The van der Waals surface area contributed by atoms with Crippen molar-refractivity contribution >= 4 is 40.5 Å². The maximum absolute atomic E-state index is 6.22. The highest BCUT2D eigenvalue weighted by atomic mass is 35.5. The molecule has 134 valence electrons. The van der Waals surface area contributed by atoms with E-state index in [-0.39, 0.29) is 0 Å². The molecular weight excluding hydrogens is 389 g/mol. The van der Waals surface area contributed by atoms with Crippen molar-refractivity contribution in [3.05, 3.63) is 92.4 Å². The quantitative estimate of drug-likeness (QED) is 0.469. The largest absolute Gasteiger partial charge is 0.488 e. The molecule has 3 aromatic rings. The molecule has 0 radical (unpaired) electrons. The van der Waals surface area contributed by atoms with Crippen molar-refractivity contribution in [2.75, 3.05) is 5.32 Å². The fourth-order valence-corrected chi connectivity index (χ4v) is 3.23. The van der Waals surface area contributed by atoms with Crippen LogP contribution < -0.4 is 10.1 Å². The van der Waals surface area contributed by atoms with Gasteiger partial charge in [-0.3, -0.25) is 0 Å². The van der Waals surface area contributed by atoms with Crippen LogP contribution in [0.25, 0.3) is 0 Å². The van der Waals surface area contributed by atoms with E-state index >= 15 is 0 Å². The summed E-state index contributed by atoms with van der Waals surface area (Å²) in [6, 6.07) is 19.2. The smallest absolute Gasteiger partial charge is 0.124 e. The number of rotatable bonds is 6. The third-order valence-electron chi connectivity index (χ3n) is 3.92. The number of aryl methyl sites for hydroxylation is 1. The van der Waals surface area contributed by atoms with Crippen molar-refractivity contribution in [2.24, 2.45) is 0 Å². The third kappa shape index (κ3) is 5.07. The zero-order chi connectivity index (χ0) is 18.5. The predicted molar refractivity (Wildman–Crippen MR) is 111 cm³/mol. The summed E-state index contributed by atoms with van der Waals surface area (Å²) in [4.78, 5) is 0. The van der Waals surface area contributed by atoms with Crippen LogP contribution >= 0.6 is 34.8 Å². The number of hydrogen-bond donors (Lipinski definition) is 1. The molecule has 0 aliphatic heterocycles. The average molecular weight is 407 g/mol. The first-order valence-electron chi connectivity index (χ1n) is 8.17. The standard InChI is InChI=1S/C21H18Cl3NO/c1-14-3-2-4-19(9-14)25-12-16-10-17(22)7-8-21(16)26-13-15-5-6-18(23)11-20(15)24/h2-11,25H,12-13H2,1H3. The van der Waals surface area contributed by atoms with E-state index in [1.54, 1.807) is 12.1 Å². The molecule has 0 heterocycles. The lowest BCUT2D eigenvalue weighted by Gasteiger charge is -2.14. The fourth-order valence-electron chi connectivity index (χ4n) is 2.57. The van der Waals surface area contributed by atoms with Gasteiger partial charge in [0.25, 0.3) is 0 Å². The second-order valence-corrected chi connectivity index (χ2v) is 7.28. The molecule has 0 saturated heterocycles. The van der Waals surface area contributed by atoms with Gasteiger partial charge >= 0.3 is 0 Å². The van der Waals surface area contributed by atoms with Crippen LogP contribution in [0.4, 0.5) is 5.69 Å². The molecule has 0 atom stereocenters. The first-order valence-corrected chi connectivity index (χ1v) is 9.30. The number of nitrogens with one attached hydrogen (secondary N) is 1. The van der Waals surface area contributed by atoms with Crippen LogP contribution in [-0.4, -0.2) is 0 Å². The van der Waals surface area contributed by atoms with Crippen molar-refractivity contribution in [2.45, 2.75) is 20.1 Å². The number of hydrogen-bond acceptors (Lipinski definition) is 2. The number of halogens is 3. The molecule has 0 aliphatic rings. The van der Waals surface area contributed by atoms with E-state index in [1.807, 2.05) is 36.4 Å². The Kier molecular flexibility index (Phi) is 6.31. The molecule has 0 aromatic heterocycles. The first-order chi connectivity index (χ1) is 12.5. The number of ether oxygens (including phenoxy) is 1. The van der Waals surface area contributed by atoms with Gasteiger partial charge in [0.1, 0.15) is 12.4 Å². The van der Waals surface area contributed by atoms with Crippen LogP contribution in [-0.2, 0) is 13.2 Å².